The molecule has 1 heterocycles. The second-order valence-corrected chi connectivity index (χ2v) is 4.90. The maximum atomic E-state index is 4.20. The van der Waals surface area contributed by atoms with E-state index in [0.29, 0.717) is 0 Å². The zero-order valence-corrected chi connectivity index (χ0v) is 11.5. The lowest BCUT2D eigenvalue weighted by molar-refractivity contribution is 0.606. The van der Waals surface area contributed by atoms with Gasteiger partial charge >= 0.3 is 0 Å². The van der Waals surface area contributed by atoms with E-state index in [1.807, 2.05) is 31.0 Å². The highest BCUT2D eigenvalue weighted by Gasteiger charge is 2.14. The number of aryl methyl sites for hydroxylation is 1. The van der Waals surface area contributed by atoms with Crippen molar-refractivity contribution in [1.29, 1.82) is 0 Å². The molecule has 0 aliphatic heterocycles. The van der Waals surface area contributed by atoms with Crippen molar-refractivity contribution in [3.8, 4) is 0 Å². The fourth-order valence-electron chi connectivity index (χ4n) is 1.81. The molecule has 4 heteroatoms. The average molecular weight is 327 g/mol. The predicted molar refractivity (Wildman–Crippen MR) is 73.3 cm³/mol. The standard InChI is InChI=1S/C12H14IN3/c1-14-12(11-7-8-15-16(11)2)9-3-5-10(13)6-4-9/h3-8,12,14H,1-2H3. The van der Waals surface area contributed by atoms with Crippen molar-refractivity contribution in [2.45, 2.75) is 6.04 Å². The zero-order chi connectivity index (χ0) is 11.5. The topological polar surface area (TPSA) is 29.9 Å². The Morgan fingerprint density at radius 3 is 2.44 bits per heavy atom. The molecule has 1 aromatic heterocycles. The first-order chi connectivity index (χ1) is 7.72. The molecule has 0 saturated carbocycles. The molecule has 0 radical (unpaired) electrons. The first kappa shape index (κ1) is 11.6. The quantitative estimate of drug-likeness (QED) is 0.877. The van der Waals surface area contributed by atoms with Gasteiger partial charge in [-0.05, 0) is 53.4 Å². The van der Waals surface area contributed by atoms with Crippen LogP contribution in [-0.2, 0) is 7.05 Å². The maximum absolute atomic E-state index is 4.20. The molecule has 0 aliphatic carbocycles. The molecule has 0 spiro atoms. The van der Waals surface area contributed by atoms with Gasteiger partial charge in [-0.15, -0.1) is 0 Å². The van der Waals surface area contributed by atoms with Crippen LogP contribution in [0.15, 0.2) is 36.5 Å². The molecule has 2 aromatic rings. The third-order valence-corrected chi connectivity index (χ3v) is 3.37. The lowest BCUT2D eigenvalue weighted by Gasteiger charge is -2.17. The minimum absolute atomic E-state index is 0.199. The third-order valence-electron chi connectivity index (χ3n) is 2.65. The van der Waals surface area contributed by atoms with Crippen LogP contribution in [0.4, 0.5) is 0 Å². The van der Waals surface area contributed by atoms with E-state index in [1.54, 1.807) is 0 Å². The van der Waals surface area contributed by atoms with Gasteiger partial charge in [-0.2, -0.15) is 5.10 Å². The molecule has 1 aromatic carbocycles. The first-order valence-electron chi connectivity index (χ1n) is 5.13. The van der Waals surface area contributed by atoms with Crippen LogP contribution < -0.4 is 5.32 Å². The highest BCUT2D eigenvalue weighted by atomic mass is 127. The van der Waals surface area contributed by atoms with Gasteiger partial charge < -0.3 is 5.32 Å². The third kappa shape index (κ3) is 2.27. The summed E-state index contributed by atoms with van der Waals surface area (Å²) in [5.74, 6) is 0. The Labute approximate surface area is 109 Å². The van der Waals surface area contributed by atoms with Gasteiger partial charge in [0.2, 0.25) is 0 Å². The molecular weight excluding hydrogens is 313 g/mol. The van der Waals surface area contributed by atoms with Crippen LogP contribution in [-0.4, -0.2) is 16.8 Å². The Hall–Kier alpha value is -0.880. The summed E-state index contributed by atoms with van der Waals surface area (Å²) in [7, 11) is 3.93. The van der Waals surface area contributed by atoms with Crippen LogP contribution >= 0.6 is 22.6 Å². The van der Waals surface area contributed by atoms with Crippen LogP contribution in [0.3, 0.4) is 0 Å². The fraction of sp³-hybridized carbons (Fsp3) is 0.250. The van der Waals surface area contributed by atoms with E-state index in [1.165, 1.54) is 14.8 Å². The lowest BCUT2D eigenvalue weighted by Crippen LogP contribution is -2.20. The summed E-state index contributed by atoms with van der Waals surface area (Å²) in [6.07, 6.45) is 1.83. The van der Waals surface area contributed by atoms with E-state index in [4.69, 9.17) is 0 Å². The van der Waals surface area contributed by atoms with E-state index >= 15 is 0 Å². The highest BCUT2D eigenvalue weighted by Crippen LogP contribution is 2.21. The van der Waals surface area contributed by atoms with Crippen LogP contribution in [0.1, 0.15) is 17.3 Å². The molecule has 0 amide bonds. The summed E-state index contributed by atoms with van der Waals surface area (Å²) < 4.78 is 3.15. The van der Waals surface area contributed by atoms with Crippen molar-refractivity contribution in [3.63, 3.8) is 0 Å². The van der Waals surface area contributed by atoms with Crippen molar-refractivity contribution in [3.05, 3.63) is 51.4 Å². The number of nitrogens with zero attached hydrogens (tertiary/aromatic N) is 2. The molecule has 3 nitrogen and oxygen atoms in total. The molecule has 0 fully saturated rings. The number of nitrogens with one attached hydrogen (secondary N) is 1. The number of aromatic nitrogens is 2. The predicted octanol–water partition coefficient (Wildman–Crippen LogP) is 2.33. The number of benzene rings is 1. The Morgan fingerprint density at radius 1 is 1.25 bits per heavy atom. The normalized spacial score (nSPS) is 12.7. The summed E-state index contributed by atoms with van der Waals surface area (Å²) in [6, 6.07) is 10.8. The van der Waals surface area contributed by atoms with Gasteiger partial charge in [0.05, 0.1) is 11.7 Å². The lowest BCUT2D eigenvalue weighted by atomic mass is 10.0. The van der Waals surface area contributed by atoms with Crippen molar-refractivity contribution < 1.29 is 0 Å². The van der Waals surface area contributed by atoms with Crippen LogP contribution in [0.2, 0.25) is 0 Å². The molecule has 84 valence electrons. The summed E-state index contributed by atoms with van der Waals surface area (Å²) in [4.78, 5) is 0. The fourth-order valence-corrected chi connectivity index (χ4v) is 2.17. The summed E-state index contributed by atoms with van der Waals surface area (Å²) in [5, 5.41) is 7.52. The van der Waals surface area contributed by atoms with Gasteiger partial charge in [0.1, 0.15) is 0 Å². The minimum Gasteiger partial charge on any atom is -0.308 e. The van der Waals surface area contributed by atoms with Gasteiger partial charge in [-0.3, -0.25) is 4.68 Å². The van der Waals surface area contributed by atoms with E-state index < -0.39 is 0 Å². The molecule has 1 unspecified atom stereocenters. The van der Waals surface area contributed by atoms with Gasteiger partial charge in [-0.25, -0.2) is 0 Å². The monoisotopic (exact) mass is 327 g/mol. The Balaban J connectivity index is 2.37. The van der Waals surface area contributed by atoms with Crippen molar-refractivity contribution in [1.82, 2.24) is 15.1 Å². The highest BCUT2D eigenvalue weighted by molar-refractivity contribution is 14.1. The van der Waals surface area contributed by atoms with Crippen molar-refractivity contribution in [2.75, 3.05) is 7.05 Å². The maximum Gasteiger partial charge on any atom is 0.0745 e. The van der Waals surface area contributed by atoms with Gasteiger partial charge in [-0.1, -0.05) is 12.1 Å². The molecule has 0 saturated heterocycles. The van der Waals surface area contributed by atoms with E-state index in [0.717, 1.165) is 0 Å². The number of rotatable bonds is 3. The first-order valence-corrected chi connectivity index (χ1v) is 6.21. The molecule has 0 aliphatic rings. The minimum atomic E-state index is 0.199. The number of halogens is 1. The SMILES string of the molecule is CNC(c1ccc(I)cc1)c1ccnn1C. The average Bonchev–Trinajstić information content (AvgIpc) is 2.69. The molecule has 1 N–H and O–H groups in total. The van der Waals surface area contributed by atoms with Gasteiger partial charge in [0, 0.05) is 16.8 Å². The van der Waals surface area contributed by atoms with Gasteiger partial charge in [0.15, 0.2) is 0 Å². The second-order valence-electron chi connectivity index (χ2n) is 3.65. The van der Waals surface area contributed by atoms with E-state index in [-0.39, 0.29) is 6.04 Å². The Kier molecular flexibility index (Phi) is 3.60. The van der Waals surface area contributed by atoms with Crippen molar-refractivity contribution >= 4 is 22.6 Å². The molecule has 16 heavy (non-hydrogen) atoms. The summed E-state index contributed by atoms with van der Waals surface area (Å²) in [6.45, 7) is 0. The molecule has 1 atom stereocenters. The molecule has 2 rings (SSSR count). The number of hydrogen-bond acceptors (Lipinski definition) is 2. The molecule has 0 bridgehead atoms. The van der Waals surface area contributed by atoms with Gasteiger partial charge in [0.25, 0.3) is 0 Å². The second kappa shape index (κ2) is 4.97. The number of hydrogen-bond donors (Lipinski definition) is 1. The van der Waals surface area contributed by atoms with Crippen molar-refractivity contribution in [2.24, 2.45) is 7.05 Å². The Morgan fingerprint density at radius 2 is 1.94 bits per heavy atom. The van der Waals surface area contributed by atoms with Crippen LogP contribution in [0.25, 0.3) is 0 Å². The summed E-state index contributed by atoms with van der Waals surface area (Å²) >= 11 is 2.31. The Bertz CT molecular complexity index is 461. The summed E-state index contributed by atoms with van der Waals surface area (Å²) in [5.41, 5.74) is 2.43. The zero-order valence-electron chi connectivity index (χ0n) is 9.31. The smallest absolute Gasteiger partial charge is 0.0745 e. The largest absolute Gasteiger partial charge is 0.308 e. The molecular formula is C12H14IN3. The van der Waals surface area contributed by atoms with E-state index in [2.05, 4.69) is 57.3 Å². The van der Waals surface area contributed by atoms with Crippen LogP contribution in [0, 0.1) is 3.57 Å². The van der Waals surface area contributed by atoms with E-state index in [9.17, 15) is 0 Å². The van der Waals surface area contributed by atoms with Crippen LogP contribution in [0.5, 0.6) is 0 Å².